The molecule has 0 amide bonds. The molecular weight excluding hydrogens is 667 g/mol. The molecule has 55 heavy (non-hydrogen) atoms. The lowest BCUT2D eigenvalue weighted by Gasteiger charge is -2.32. The molecule has 10 rings (SSSR count). The molecule has 0 saturated heterocycles. The number of benzene rings is 5. The molecule has 3 heteroatoms. The van der Waals surface area contributed by atoms with E-state index in [0.29, 0.717) is 5.92 Å². The molecule has 0 bridgehead atoms. The predicted molar refractivity (Wildman–Crippen MR) is 231 cm³/mol. The highest BCUT2D eigenvalue weighted by Gasteiger charge is 2.38. The molecule has 2 aromatic heterocycles. The molecule has 2 atom stereocenters. The van der Waals surface area contributed by atoms with Gasteiger partial charge in [-0.1, -0.05) is 119 Å². The molecule has 0 fully saturated rings. The zero-order valence-electron chi connectivity index (χ0n) is 32.0. The summed E-state index contributed by atoms with van der Waals surface area (Å²) in [6.07, 6.45) is 15.3. The predicted octanol–water partition coefficient (Wildman–Crippen LogP) is 13.3. The van der Waals surface area contributed by atoms with Gasteiger partial charge in [-0.25, -0.2) is 0 Å². The number of rotatable bonds is 6. The van der Waals surface area contributed by atoms with Crippen LogP contribution in [0.2, 0.25) is 0 Å². The van der Waals surface area contributed by atoms with Gasteiger partial charge in [0.25, 0.3) is 0 Å². The van der Waals surface area contributed by atoms with E-state index in [0.717, 1.165) is 35.3 Å². The van der Waals surface area contributed by atoms with E-state index in [2.05, 4.69) is 194 Å². The molecule has 0 radical (unpaired) electrons. The minimum Gasteiger partial charge on any atom is -0.310 e. The van der Waals surface area contributed by atoms with Crippen LogP contribution in [0, 0.1) is 5.92 Å². The Balaban J connectivity index is 1.04. The van der Waals surface area contributed by atoms with Gasteiger partial charge in [-0.2, -0.15) is 0 Å². The van der Waals surface area contributed by atoms with Crippen molar-refractivity contribution in [2.45, 2.75) is 51.4 Å². The highest BCUT2D eigenvalue weighted by atomic mass is 15.1. The molecule has 3 aliphatic carbocycles. The molecule has 3 aliphatic rings. The van der Waals surface area contributed by atoms with E-state index < -0.39 is 0 Å². The maximum absolute atomic E-state index is 4.37. The molecule has 0 aliphatic heterocycles. The third-order valence-corrected chi connectivity index (χ3v) is 12.5. The maximum atomic E-state index is 4.37. The van der Waals surface area contributed by atoms with E-state index in [4.69, 9.17) is 0 Å². The van der Waals surface area contributed by atoms with Crippen molar-refractivity contribution in [2.24, 2.45) is 5.92 Å². The number of hydrogen-bond donors (Lipinski definition) is 0. The SMILES string of the molecule is CC1C=CC2=C(C1)c1ccc(N(c3ccc(-c4cccnc4)cc3)c3ccc(C4(C)C=Cc5c(c6ccccc6n5-c5ccccc5)C4)cc3)cc1C2(C)C. The molecule has 2 unspecified atom stereocenters. The number of aromatic nitrogens is 2. The Hall–Kier alpha value is -6.19. The number of fused-ring (bicyclic) bond motifs is 5. The van der Waals surface area contributed by atoms with Crippen LogP contribution in [0.25, 0.3) is 39.4 Å². The van der Waals surface area contributed by atoms with E-state index in [1.807, 2.05) is 18.5 Å². The third-order valence-electron chi connectivity index (χ3n) is 12.5. The molecule has 7 aromatic rings. The van der Waals surface area contributed by atoms with Crippen LogP contribution in [-0.4, -0.2) is 9.55 Å². The molecule has 5 aromatic carbocycles. The lowest BCUT2D eigenvalue weighted by atomic mass is 9.74. The lowest BCUT2D eigenvalue weighted by molar-refractivity contribution is 0.588. The monoisotopic (exact) mass is 711 g/mol. The first-order chi connectivity index (χ1) is 26.8. The second-order valence-electron chi connectivity index (χ2n) is 16.4. The molecule has 268 valence electrons. The van der Waals surface area contributed by atoms with Crippen LogP contribution in [0.3, 0.4) is 0 Å². The molecule has 3 nitrogen and oxygen atoms in total. The van der Waals surface area contributed by atoms with Gasteiger partial charge in [-0.15, -0.1) is 0 Å². The smallest absolute Gasteiger partial charge is 0.0537 e. The quantitative estimate of drug-likeness (QED) is 0.171. The van der Waals surface area contributed by atoms with Crippen molar-refractivity contribution in [3.63, 3.8) is 0 Å². The van der Waals surface area contributed by atoms with Crippen LogP contribution < -0.4 is 4.90 Å². The Bertz CT molecular complexity index is 2670. The molecule has 0 spiro atoms. The van der Waals surface area contributed by atoms with Crippen molar-refractivity contribution in [2.75, 3.05) is 4.90 Å². The van der Waals surface area contributed by atoms with Crippen molar-refractivity contribution in [1.29, 1.82) is 0 Å². The summed E-state index contributed by atoms with van der Waals surface area (Å²) in [7, 11) is 0. The molecule has 2 heterocycles. The largest absolute Gasteiger partial charge is 0.310 e. The van der Waals surface area contributed by atoms with Gasteiger partial charge in [0.1, 0.15) is 0 Å². The Labute approximate surface area is 324 Å². The first kappa shape index (κ1) is 33.4. The Morgan fingerprint density at radius 3 is 2.20 bits per heavy atom. The molecule has 0 saturated carbocycles. The number of hydrogen-bond acceptors (Lipinski definition) is 2. The number of para-hydroxylation sites is 2. The van der Waals surface area contributed by atoms with Crippen molar-refractivity contribution in [3.8, 4) is 16.8 Å². The van der Waals surface area contributed by atoms with Crippen LogP contribution >= 0.6 is 0 Å². The summed E-state index contributed by atoms with van der Waals surface area (Å²) in [5.74, 6) is 0.559. The fraction of sp³-hybridized carbons (Fsp3) is 0.173. The van der Waals surface area contributed by atoms with Gasteiger partial charge in [0.05, 0.1) is 5.52 Å². The van der Waals surface area contributed by atoms with E-state index in [1.165, 1.54) is 61.4 Å². The van der Waals surface area contributed by atoms with Gasteiger partial charge >= 0.3 is 0 Å². The second-order valence-corrected chi connectivity index (χ2v) is 16.4. The Morgan fingerprint density at radius 1 is 0.709 bits per heavy atom. The first-order valence-corrected chi connectivity index (χ1v) is 19.6. The summed E-state index contributed by atoms with van der Waals surface area (Å²) in [4.78, 5) is 6.79. The van der Waals surface area contributed by atoms with Gasteiger partial charge in [-0.3, -0.25) is 4.98 Å². The maximum Gasteiger partial charge on any atom is 0.0537 e. The van der Waals surface area contributed by atoms with Crippen molar-refractivity contribution in [1.82, 2.24) is 9.55 Å². The topological polar surface area (TPSA) is 21.1 Å². The normalized spacial score (nSPS) is 19.3. The summed E-state index contributed by atoms with van der Waals surface area (Å²) in [5.41, 5.74) is 17.8. The summed E-state index contributed by atoms with van der Waals surface area (Å²) in [6.45, 7) is 9.49. The van der Waals surface area contributed by atoms with Gasteiger partial charge in [0.15, 0.2) is 0 Å². The minimum absolute atomic E-state index is 0.0542. The Kier molecular flexibility index (Phi) is 7.71. The molecule has 0 N–H and O–H groups in total. The number of anilines is 3. The van der Waals surface area contributed by atoms with E-state index >= 15 is 0 Å². The molecular formula is C52H45N3. The van der Waals surface area contributed by atoms with Gasteiger partial charge in [-0.05, 0) is 130 Å². The fourth-order valence-electron chi connectivity index (χ4n) is 9.50. The summed E-state index contributed by atoms with van der Waals surface area (Å²) in [5, 5.41) is 1.33. The summed E-state index contributed by atoms with van der Waals surface area (Å²) >= 11 is 0. The van der Waals surface area contributed by atoms with E-state index in [1.54, 1.807) is 0 Å². The van der Waals surface area contributed by atoms with E-state index in [9.17, 15) is 0 Å². The average molecular weight is 712 g/mol. The van der Waals surface area contributed by atoms with Crippen LogP contribution in [0.4, 0.5) is 17.1 Å². The lowest BCUT2D eigenvalue weighted by Crippen LogP contribution is -2.25. The zero-order valence-corrected chi connectivity index (χ0v) is 32.0. The van der Waals surface area contributed by atoms with Crippen molar-refractivity contribution >= 4 is 39.6 Å². The highest BCUT2D eigenvalue weighted by Crippen LogP contribution is 2.52. The third kappa shape index (κ3) is 5.44. The average Bonchev–Trinajstić information content (AvgIpc) is 3.66. The second kappa shape index (κ2) is 12.7. The summed E-state index contributed by atoms with van der Waals surface area (Å²) < 4.78 is 2.42. The summed E-state index contributed by atoms with van der Waals surface area (Å²) in [6, 6.07) is 49.1. The first-order valence-electron chi connectivity index (χ1n) is 19.6. The van der Waals surface area contributed by atoms with Gasteiger partial charge in [0.2, 0.25) is 0 Å². The van der Waals surface area contributed by atoms with Crippen LogP contribution in [-0.2, 0) is 17.3 Å². The standard InChI is InChI=1S/C52H45N3/c1-35-16-27-47-45(31-35)43-26-25-42(32-48(43)51(47,2)3)54(40-21-17-36(18-22-40)37-11-10-30-53-34-37)41-23-19-38(20-24-41)52(4)29-28-50-46(33-52)44-14-8-9-15-49(44)55(50)39-12-6-5-7-13-39/h5-30,32,34-35H,31,33H2,1-4H3. The zero-order chi connectivity index (χ0) is 37.3. The highest BCUT2D eigenvalue weighted by molar-refractivity contribution is 5.91. The van der Waals surface area contributed by atoms with Crippen molar-refractivity contribution < 1.29 is 0 Å². The van der Waals surface area contributed by atoms with Gasteiger partial charge < -0.3 is 9.47 Å². The number of allylic oxidation sites excluding steroid dienone is 5. The minimum atomic E-state index is -0.152. The Morgan fingerprint density at radius 2 is 1.44 bits per heavy atom. The number of pyridine rings is 1. The van der Waals surface area contributed by atoms with Crippen LogP contribution in [0.15, 0.2) is 170 Å². The van der Waals surface area contributed by atoms with Crippen LogP contribution in [0.5, 0.6) is 0 Å². The number of nitrogens with zero attached hydrogens (tertiary/aromatic N) is 3. The fourth-order valence-corrected chi connectivity index (χ4v) is 9.50. The van der Waals surface area contributed by atoms with Crippen molar-refractivity contribution in [3.05, 3.63) is 198 Å². The van der Waals surface area contributed by atoms with Crippen LogP contribution in [0.1, 0.15) is 62.1 Å². The van der Waals surface area contributed by atoms with Gasteiger partial charge in [0, 0.05) is 57.1 Å². The van der Waals surface area contributed by atoms with E-state index in [-0.39, 0.29) is 10.8 Å².